The fourth-order valence-electron chi connectivity index (χ4n) is 10.3. The van der Waals surface area contributed by atoms with Crippen molar-refractivity contribution >= 4 is 164 Å². The van der Waals surface area contributed by atoms with E-state index in [0.717, 1.165) is 157 Å². The third kappa shape index (κ3) is 30.9. The monoisotopic (exact) mass is 1690 g/mol. The molecule has 13 N–H and O–H groups in total. The lowest BCUT2D eigenvalue weighted by Crippen LogP contribution is -2.16. The minimum atomic E-state index is 0.0385. The van der Waals surface area contributed by atoms with Gasteiger partial charge in [-0.3, -0.25) is 31.2 Å². The minimum absolute atomic E-state index is 0.0385. The van der Waals surface area contributed by atoms with Crippen molar-refractivity contribution in [3.63, 3.8) is 0 Å². The van der Waals surface area contributed by atoms with E-state index < -0.39 is 0 Å². The van der Waals surface area contributed by atoms with Crippen molar-refractivity contribution in [1.82, 2.24) is 39.5 Å². The number of anilines is 1. The van der Waals surface area contributed by atoms with E-state index in [-0.39, 0.29) is 17.5 Å². The maximum absolute atomic E-state index is 7.50. The molecule has 0 radical (unpaired) electrons. The molecule has 0 aliphatic heterocycles. The molecule has 0 aliphatic rings. The van der Waals surface area contributed by atoms with Crippen molar-refractivity contribution in [3.05, 3.63) is 239 Å². The molecule has 0 amide bonds. The first-order valence-electron chi connectivity index (χ1n) is 34.4. The fourth-order valence-corrected chi connectivity index (χ4v) is 11.9. The van der Waals surface area contributed by atoms with E-state index in [4.69, 9.17) is 56.5 Å². The Balaban J connectivity index is 0.000000211. The Labute approximate surface area is 656 Å². The van der Waals surface area contributed by atoms with Gasteiger partial charge in [0.15, 0.2) is 0 Å². The van der Waals surface area contributed by atoms with E-state index in [2.05, 4.69) is 216 Å². The third-order valence-corrected chi connectivity index (χ3v) is 18.1. The van der Waals surface area contributed by atoms with Crippen LogP contribution in [0.4, 0.5) is 28.4 Å². The average Bonchev–Trinajstić information content (AvgIpc) is 0.802. The van der Waals surface area contributed by atoms with Gasteiger partial charge in [0.05, 0.1) is 22.8 Å². The predicted molar refractivity (Wildman–Crippen MR) is 455 cm³/mol. The smallest absolute Gasteiger partial charge is 0.129 e. The number of fused-ring (bicyclic) bond motifs is 4. The topological polar surface area (TPSA) is 316 Å². The van der Waals surface area contributed by atoms with Crippen LogP contribution in [0.25, 0.3) is 43.1 Å². The number of amidine groups is 3. The Morgan fingerprint density at radius 3 is 1.10 bits per heavy atom. The van der Waals surface area contributed by atoms with Crippen molar-refractivity contribution in [1.29, 1.82) is 16.2 Å². The summed E-state index contributed by atoms with van der Waals surface area (Å²) in [4.78, 5) is 26.6. The number of nitrogens with one attached hydrogen (secondary N) is 3. The molecule has 25 heteroatoms. The van der Waals surface area contributed by atoms with Crippen LogP contribution in [-0.2, 0) is 19.3 Å². The Hall–Kier alpha value is -8.40. The number of hydrogen-bond donors (Lipinski definition) is 8. The number of nitrogens with two attached hydrogens (primary N) is 5. The predicted octanol–water partition coefficient (Wildman–Crippen LogP) is 19.1. The van der Waals surface area contributed by atoms with E-state index in [1.165, 1.54) is 29.3 Å². The normalized spacial score (nSPS) is 11.1. The van der Waals surface area contributed by atoms with Crippen molar-refractivity contribution in [2.75, 3.05) is 94.8 Å². The summed E-state index contributed by atoms with van der Waals surface area (Å²) in [6.07, 6.45) is 18.2. The van der Waals surface area contributed by atoms with Crippen molar-refractivity contribution < 1.29 is 0 Å². The Kier molecular flexibility index (Phi) is 36.8. The number of unbranched alkanes of at least 4 members (excludes halogenated alkanes) is 3. The van der Waals surface area contributed by atoms with E-state index in [9.17, 15) is 0 Å². The highest BCUT2D eigenvalue weighted by Gasteiger charge is 2.13. The summed E-state index contributed by atoms with van der Waals surface area (Å²) >= 11 is 19.8. The standard InChI is InChI=1S/2C22H25BrN6.C15H19BrN2.C9H5BrClN.C7H9N3.C5H14N2/c2*1-29(2)12-4-3-5-20-21(19-13-17(23)9-6-16(19)14-26-20)28-27-18-10-7-15(8-11-18)22(24)25;1-18(2)8-4-3-5-15-10-13-9-14(16)7-6-12(13)11-17-15;10-8-2-1-6-5-12-9(11)4-7(6)3-8;8-6-3-1-5(2-4-6)7(9)10;1-7(2)5-3-4-6/h2*6-11,13-14H,3-5,12H2,1-2H3,(H3,24,25);6-7,9-11H,3-5,8H2,1-2H3;1-5H;1-4H,8H2,(H3,9,10);3-6H2,1-2H3. The summed E-state index contributed by atoms with van der Waals surface area (Å²) < 4.78 is 4.17. The second kappa shape index (κ2) is 45.2. The zero-order valence-electron chi connectivity index (χ0n) is 61.1. The summed E-state index contributed by atoms with van der Waals surface area (Å²) in [6, 6.07) is 49.8. The number of halogens is 5. The van der Waals surface area contributed by atoms with Crippen LogP contribution < -0.4 is 28.7 Å². The average molecular weight is 1690 g/mol. The molecule has 0 saturated heterocycles. The molecule has 7 aromatic carbocycles. The highest BCUT2D eigenvalue weighted by Crippen LogP contribution is 2.35. The Morgan fingerprint density at radius 1 is 0.381 bits per heavy atom. The van der Waals surface area contributed by atoms with Crippen LogP contribution in [-0.4, -0.2) is 146 Å². The number of rotatable bonds is 25. The number of aryl methyl sites for hydroxylation is 3. The van der Waals surface area contributed by atoms with Gasteiger partial charge in [0.1, 0.15) is 34.0 Å². The van der Waals surface area contributed by atoms with Crippen molar-refractivity contribution in [2.45, 2.75) is 64.2 Å². The Morgan fingerprint density at radius 2 is 0.724 bits per heavy atom. The molecule has 20 nitrogen and oxygen atoms in total. The number of aromatic nitrogens is 4. The lowest BCUT2D eigenvalue weighted by Gasteiger charge is -2.11. The largest absolute Gasteiger partial charge is 0.399 e. The zero-order valence-corrected chi connectivity index (χ0v) is 68.2. The van der Waals surface area contributed by atoms with E-state index in [1.807, 2.05) is 91.4 Å². The van der Waals surface area contributed by atoms with Crippen LogP contribution >= 0.6 is 75.3 Å². The lowest BCUT2D eigenvalue weighted by atomic mass is 10.1. The maximum Gasteiger partial charge on any atom is 0.129 e. The highest BCUT2D eigenvalue weighted by molar-refractivity contribution is 9.11. The molecule has 4 aromatic heterocycles. The fraction of sp³-hybridized carbons (Fsp3) is 0.287. The van der Waals surface area contributed by atoms with Gasteiger partial charge in [-0.05, 0) is 298 Å². The molecule has 0 bridgehead atoms. The second-order valence-corrected chi connectivity index (χ2v) is 29.9. The first kappa shape index (κ1) is 85.5. The number of pyridine rings is 4. The molecular formula is C80H97Br4ClN20. The van der Waals surface area contributed by atoms with Crippen LogP contribution in [0.3, 0.4) is 0 Å². The Bertz CT molecular complexity index is 4430. The molecule has 0 aliphatic carbocycles. The van der Waals surface area contributed by atoms with Crippen LogP contribution in [0, 0.1) is 16.2 Å². The van der Waals surface area contributed by atoms with E-state index in [0.29, 0.717) is 38.9 Å². The first-order valence-corrected chi connectivity index (χ1v) is 37.9. The van der Waals surface area contributed by atoms with Gasteiger partial charge >= 0.3 is 0 Å². The molecule has 0 fully saturated rings. The van der Waals surface area contributed by atoms with Crippen LogP contribution in [0.1, 0.15) is 78.7 Å². The zero-order chi connectivity index (χ0) is 76.4. The molecule has 0 atom stereocenters. The molecule has 11 aromatic rings. The van der Waals surface area contributed by atoms with Gasteiger partial charge in [-0.15, -0.1) is 10.2 Å². The SMILES string of the molecule is CN(C)CCCCc1cc2cc(Br)ccc2cn1.CN(C)CCCCc1ncc2ccc(Br)cc2c1N=Nc1ccc(C(=N)N)cc1.CN(C)CCCCc1ncc2ccc(Br)cc2c1N=Nc1ccc(C(=N)N)cc1.CN(C)CCCN.Clc1cc2cc(Br)ccc2cn1.N=C(N)c1ccc(N)cc1. The summed E-state index contributed by atoms with van der Waals surface area (Å²) in [5.41, 5.74) is 35.8. The molecule has 105 heavy (non-hydrogen) atoms. The molecule has 0 saturated carbocycles. The summed E-state index contributed by atoms with van der Waals surface area (Å²) in [7, 11) is 16.7. The third-order valence-electron chi connectivity index (χ3n) is 15.9. The summed E-state index contributed by atoms with van der Waals surface area (Å²) in [5, 5.41) is 49.4. The number of nitrogens with zero attached hydrogens (tertiary/aromatic N) is 12. The molecule has 4 heterocycles. The van der Waals surface area contributed by atoms with Crippen LogP contribution in [0.15, 0.2) is 221 Å². The van der Waals surface area contributed by atoms with Crippen molar-refractivity contribution in [2.24, 2.45) is 43.4 Å². The maximum atomic E-state index is 7.50. The number of nitrogen functional groups attached to an aromatic ring is 4. The number of hydrogen-bond acceptors (Lipinski definition) is 17. The number of azo groups is 2. The summed E-state index contributed by atoms with van der Waals surface area (Å²) in [6.45, 7) is 5.17. The summed E-state index contributed by atoms with van der Waals surface area (Å²) in [5.74, 6) is 0.146. The molecule has 552 valence electrons. The molecule has 11 rings (SSSR count). The van der Waals surface area contributed by atoms with Crippen molar-refractivity contribution in [3.8, 4) is 0 Å². The molecular weight excluding hydrogens is 1600 g/mol. The van der Waals surface area contributed by atoms with Gasteiger partial charge in [0, 0.05) is 103 Å². The van der Waals surface area contributed by atoms with E-state index >= 15 is 0 Å². The second-order valence-electron chi connectivity index (χ2n) is 25.8. The van der Waals surface area contributed by atoms with Gasteiger partial charge in [-0.1, -0.05) is 99.6 Å². The van der Waals surface area contributed by atoms with Crippen LogP contribution in [0.5, 0.6) is 0 Å². The molecule has 0 unspecified atom stereocenters. The van der Waals surface area contributed by atoms with Gasteiger partial charge in [-0.2, -0.15) is 10.2 Å². The quantitative estimate of drug-likeness (QED) is 0.00660. The van der Waals surface area contributed by atoms with Gasteiger partial charge in [0.2, 0.25) is 0 Å². The minimum Gasteiger partial charge on any atom is -0.399 e. The highest BCUT2D eigenvalue weighted by atomic mass is 79.9. The van der Waals surface area contributed by atoms with Gasteiger partial charge in [0.25, 0.3) is 0 Å². The number of benzene rings is 7. The molecule has 0 spiro atoms. The van der Waals surface area contributed by atoms with Gasteiger partial charge < -0.3 is 48.3 Å². The van der Waals surface area contributed by atoms with E-state index in [1.54, 1.807) is 54.7 Å². The first-order chi connectivity index (χ1) is 50.2. The lowest BCUT2D eigenvalue weighted by molar-refractivity contribution is 0.394. The van der Waals surface area contributed by atoms with Crippen LogP contribution in [0.2, 0.25) is 5.15 Å². The van der Waals surface area contributed by atoms with Gasteiger partial charge in [-0.25, -0.2) is 4.98 Å².